The monoisotopic (exact) mass is 386 g/mol. The fraction of sp³-hybridized carbons (Fsp3) is 0.300. The molecular weight excluding hydrogens is 364 g/mol. The molecule has 0 aliphatic carbocycles. The molecule has 8 nitrogen and oxygen atoms in total. The summed E-state index contributed by atoms with van der Waals surface area (Å²) in [6, 6.07) is 9.02. The van der Waals surface area contributed by atoms with Crippen LogP contribution in [0.3, 0.4) is 0 Å². The molecule has 28 heavy (non-hydrogen) atoms. The van der Waals surface area contributed by atoms with Gasteiger partial charge < -0.3 is 30.7 Å². The summed E-state index contributed by atoms with van der Waals surface area (Å²) < 4.78 is 5.57. The molecule has 1 aliphatic heterocycles. The lowest BCUT2D eigenvalue weighted by Crippen LogP contribution is -2.49. The first-order chi connectivity index (χ1) is 13.4. The van der Waals surface area contributed by atoms with Crippen LogP contribution in [0.1, 0.15) is 33.6 Å². The first kappa shape index (κ1) is 19.5. The van der Waals surface area contributed by atoms with E-state index in [0.717, 1.165) is 19.0 Å². The summed E-state index contributed by atoms with van der Waals surface area (Å²) in [6.07, 6.45) is 0.709. The molecule has 1 aliphatic rings. The molecular formula is C20H22N2O6. The number of phenolic OH excluding ortho intramolecular Hbond substituents is 3. The Hall–Kier alpha value is -3.26. The second kappa shape index (κ2) is 8.62. The number of hydrogen-bond donors (Lipinski definition) is 5. The highest BCUT2D eigenvalue weighted by atomic mass is 16.5. The molecule has 2 atom stereocenters. The molecule has 0 bridgehead atoms. The average molecular weight is 386 g/mol. The maximum Gasteiger partial charge on any atom is 0.342 e. The summed E-state index contributed by atoms with van der Waals surface area (Å²) in [7, 11) is 0. The Balaban J connectivity index is 1.72. The first-order valence-corrected chi connectivity index (χ1v) is 8.97. The lowest BCUT2D eigenvalue weighted by atomic mass is 10.1. The Morgan fingerprint density at radius 2 is 1.75 bits per heavy atom. The molecule has 1 fully saturated rings. The van der Waals surface area contributed by atoms with Crippen molar-refractivity contribution in [3.05, 3.63) is 53.6 Å². The van der Waals surface area contributed by atoms with E-state index in [1.54, 1.807) is 0 Å². The average Bonchev–Trinajstić information content (AvgIpc) is 2.87. The summed E-state index contributed by atoms with van der Waals surface area (Å²) in [5.74, 6) is -1.54. The van der Waals surface area contributed by atoms with Crippen LogP contribution in [-0.4, -0.2) is 52.4 Å². The van der Waals surface area contributed by atoms with Gasteiger partial charge in [0.2, 0.25) is 0 Å². The molecule has 2 aromatic carbocycles. The van der Waals surface area contributed by atoms with Crippen molar-refractivity contribution in [1.82, 2.24) is 10.6 Å². The Morgan fingerprint density at radius 1 is 1.04 bits per heavy atom. The van der Waals surface area contributed by atoms with E-state index in [9.17, 15) is 24.9 Å². The SMILES string of the molecule is O=C(N[C@@H]1CNCCC[C@H]1OC(=O)c1ccc(O)cc1O)c1ccc(O)cc1. The number of esters is 1. The number of phenols is 3. The molecule has 1 heterocycles. The van der Waals surface area contributed by atoms with Crippen LogP contribution in [0.15, 0.2) is 42.5 Å². The summed E-state index contributed by atoms with van der Waals surface area (Å²) >= 11 is 0. The molecule has 3 rings (SSSR count). The van der Waals surface area contributed by atoms with Gasteiger partial charge in [-0.15, -0.1) is 0 Å². The van der Waals surface area contributed by atoms with Gasteiger partial charge in [0.1, 0.15) is 28.9 Å². The zero-order chi connectivity index (χ0) is 20.1. The van der Waals surface area contributed by atoms with Crippen molar-refractivity contribution < 1.29 is 29.6 Å². The second-order valence-corrected chi connectivity index (χ2v) is 6.62. The maximum absolute atomic E-state index is 12.5. The van der Waals surface area contributed by atoms with E-state index in [1.165, 1.54) is 36.4 Å². The lowest BCUT2D eigenvalue weighted by Gasteiger charge is -2.26. The molecule has 1 saturated heterocycles. The van der Waals surface area contributed by atoms with Gasteiger partial charge in [0.25, 0.3) is 5.91 Å². The first-order valence-electron chi connectivity index (χ1n) is 8.97. The van der Waals surface area contributed by atoms with Crippen molar-refractivity contribution in [1.29, 1.82) is 0 Å². The van der Waals surface area contributed by atoms with E-state index in [4.69, 9.17) is 4.74 Å². The molecule has 8 heteroatoms. The van der Waals surface area contributed by atoms with Gasteiger partial charge in [0.15, 0.2) is 0 Å². The van der Waals surface area contributed by atoms with E-state index in [2.05, 4.69) is 10.6 Å². The van der Waals surface area contributed by atoms with Crippen LogP contribution in [-0.2, 0) is 4.74 Å². The molecule has 0 radical (unpaired) electrons. The van der Waals surface area contributed by atoms with E-state index in [-0.39, 0.29) is 28.7 Å². The third-order valence-corrected chi connectivity index (χ3v) is 4.56. The van der Waals surface area contributed by atoms with Crippen molar-refractivity contribution in [2.75, 3.05) is 13.1 Å². The number of rotatable bonds is 4. The number of hydrogen-bond acceptors (Lipinski definition) is 7. The Kier molecular flexibility index (Phi) is 6.00. The zero-order valence-electron chi connectivity index (χ0n) is 15.1. The number of nitrogens with one attached hydrogen (secondary N) is 2. The summed E-state index contributed by atoms with van der Waals surface area (Å²) in [6.45, 7) is 1.15. The fourth-order valence-corrected chi connectivity index (χ4v) is 3.06. The van der Waals surface area contributed by atoms with Crippen LogP contribution in [0.2, 0.25) is 0 Å². The number of ether oxygens (including phenoxy) is 1. The Labute approximate surface area is 161 Å². The van der Waals surface area contributed by atoms with E-state index in [0.29, 0.717) is 18.5 Å². The van der Waals surface area contributed by atoms with Gasteiger partial charge in [-0.1, -0.05) is 0 Å². The van der Waals surface area contributed by atoms with Crippen molar-refractivity contribution in [2.24, 2.45) is 0 Å². The van der Waals surface area contributed by atoms with Gasteiger partial charge in [-0.3, -0.25) is 4.79 Å². The molecule has 0 spiro atoms. The van der Waals surface area contributed by atoms with E-state index < -0.39 is 18.1 Å². The van der Waals surface area contributed by atoms with Crippen LogP contribution in [0, 0.1) is 0 Å². The standard InChI is InChI=1S/C20H22N2O6/c23-13-5-3-12(4-6-13)19(26)22-16-11-21-9-1-2-18(16)28-20(27)15-8-7-14(24)10-17(15)25/h3-8,10,16,18,21,23-25H,1-2,9,11H2,(H,22,26)/t16-,18-/m1/s1. The van der Waals surface area contributed by atoms with Crippen LogP contribution in [0.25, 0.3) is 0 Å². The number of carbonyl (C=O) groups is 2. The molecule has 5 N–H and O–H groups in total. The summed E-state index contributed by atoms with van der Waals surface area (Å²) in [5.41, 5.74) is 0.321. The Bertz CT molecular complexity index is 852. The van der Waals surface area contributed by atoms with Crippen molar-refractivity contribution in [3.8, 4) is 17.2 Å². The smallest absolute Gasteiger partial charge is 0.342 e. The van der Waals surface area contributed by atoms with Crippen LogP contribution < -0.4 is 10.6 Å². The lowest BCUT2D eigenvalue weighted by molar-refractivity contribution is 0.0189. The topological polar surface area (TPSA) is 128 Å². The third-order valence-electron chi connectivity index (χ3n) is 4.56. The molecule has 0 aromatic heterocycles. The Morgan fingerprint density at radius 3 is 2.46 bits per heavy atom. The van der Waals surface area contributed by atoms with Crippen LogP contribution >= 0.6 is 0 Å². The highest BCUT2D eigenvalue weighted by molar-refractivity contribution is 5.95. The predicted molar refractivity (Wildman–Crippen MR) is 100 cm³/mol. The summed E-state index contributed by atoms with van der Waals surface area (Å²) in [4.78, 5) is 25.0. The second-order valence-electron chi connectivity index (χ2n) is 6.62. The van der Waals surface area contributed by atoms with E-state index >= 15 is 0 Å². The van der Waals surface area contributed by atoms with Crippen LogP contribution in [0.4, 0.5) is 0 Å². The van der Waals surface area contributed by atoms with Crippen LogP contribution in [0.5, 0.6) is 17.2 Å². The van der Waals surface area contributed by atoms with Crippen molar-refractivity contribution >= 4 is 11.9 Å². The molecule has 1 amide bonds. The number of carbonyl (C=O) groups excluding carboxylic acids is 2. The molecule has 0 unspecified atom stereocenters. The van der Waals surface area contributed by atoms with Gasteiger partial charge in [-0.25, -0.2) is 4.79 Å². The van der Waals surface area contributed by atoms with Gasteiger partial charge in [-0.05, 0) is 55.8 Å². The minimum atomic E-state index is -0.728. The highest BCUT2D eigenvalue weighted by Crippen LogP contribution is 2.24. The minimum Gasteiger partial charge on any atom is -0.508 e. The van der Waals surface area contributed by atoms with Gasteiger partial charge in [-0.2, -0.15) is 0 Å². The third kappa shape index (κ3) is 4.72. The predicted octanol–water partition coefficient (Wildman–Crippen LogP) is 1.51. The molecule has 148 valence electrons. The van der Waals surface area contributed by atoms with Gasteiger partial charge >= 0.3 is 5.97 Å². The quantitative estimate of drug-likeness (QED) is 0.504. The number of aromatic hydroxyl groups is 3. The fourth-order valence-electron chi connectivity index (χ4n) is 3.06. The van der Waals surface area contributed by atoms with Crippen molar-refractivity contribution in [3.63, 3.8) is 0 Å². The molecule has 2 aromatic rings. The number of amides is 1. The summed E-state index contributed by atoms with van der Waals surface area (Å²) in [5, 5.41) is 34.6. The maximum atomic E-state index is 12.5. The van der Waals surface area contributed by atoms with Crippen molar-refractivity contribution in [2.45, 2.75) is 25.0 Å². The molecule has 0 saturated carbocycles. The highest BCUT2D eigenvalue weighted by Gasteiger charge is 2.29. The van der Waals surface area contributed by atoms with Gasteiger partial charge in [0.05, 0.1) is 6.04 Å². The zero-order valence-corrected chi connectivity index (χ0v) is 15.1. The largest absolute Gasteiger partial charge is 0.508 e. The minimum absolute atomic E-state index is 0.0568. The number of benzene rings is 2. The van der Waals surface area contributed by atoms with E-state index in [1.807, 2.05) is 0 Å². The normalized spacial score (nSPS) is 19.4. The van der Waals surface area contributed by atoms with Gasteiger partial charge in [0, 0.05) is 18.2 Å².